The Morgan fingerprint density at radius 1 is 1.43 bits per heavy atom. The normalized spacial score (nSPS) is 9.21. The molecule has 76 valence electrons. The van der Waals surface area contributed by atoms with Gasteiger partial charge < -0.3 is 5.32 Å². The fourth-order valence-electron chi connectivity index (χ4n) is 0.788. The van der Waals surface area contributed by atoms with E-state index in [9.17, 15) is 9.59 Å². The average Bonchev–Trinajstić information content (AvgIpc) is 2.67. The van der Waals surface area contributed by atoms with Crippen LogP contribution >= 0.6 is 11.3 Å². The number of rotatable bonds is 2. The zero-order valence-corrected chi connectivity index (χ0v) is 8.48. The second-order valence-corrected chi connectivity index (χ2v) is 3.36. The summed E-state index contributed by atoms with van der Waals surface area (Å²) in [6.45, 7) is 2.31. The van der Waals surface area contributed by atoms with Crippen LogP contribution in [0.3, 0.4) is 0 Å². The van der Waals surface area contributed by atoms with Gasteiger partial charge in [-0.25, -0.2) is 10.2 Å². The van der Waals surface area contributed by atoms with Crippen molar-refractivity contribution in [1.82, 2.24) is 16.2 Å². The number of amides is 3. The van der Waals surface area contributed by atoms with Crippen molar-refractivity contribution in [3.63, 3.8) is 0 Å². The van der Waals surface area contributed by atoms with E-state index in [-0.39, 0.29) is 5.91 Å². The smallest absolute Gasteiger partial charge is 0.333 e. The molecule has 1 heterocycles. The summed E-state index contributed by atoms with van der Waals surface area (Å²) < 4.78 is 0. The molecule has 0 aliphatic carbocycles. The summed E-state index contributed by atoms with van der Waals surface area (Å²) >= 11 is 1.31. The molecule has 3 N–H and O–H groups in total. The summed E-state index contributed by atoms with van der Waals surface area (Å²) in [5, 5.41) is 4.28. The second kappa shape index (κ2) is 5.23. The molecule has 0 aliphatic rings. The van der Waals surface area contributed by atoms with Crippen molar-refractivity contribution >= 4 is 23.3 Å². The van der Waals surface area contributed by atoms with Gasteiger partial charge >= 0.3 is 6.03 Å². The van der Waals surface area contributed by atoms with E-state index in [1.165, 1.54) is 11.3 Å². The number of carbonyl (C=O) groups excluding carboxylic acids is 2. The first-order valence-corrected chi connectivity index (χ1v) is 4.99. The molecule has 1 aromatic heterocycles. The van der Waals surface area contributed by atoms with Crippen LogP contribution in [-0.2, 0) is 0 Å². The highest BCUT2D eigenvalue weighted by Gasteiger charge is 2.06. The molecule has 0 saturated carbocycles. The summed E-state index contributed by atoms with van der Waals surface area (Å²) in [6.07, 6.45) is 0. The van der Waals surface area contributed by atoms with E-state index in [0.717, 1.165) is 0 Å². The number of thiophene rings is 1. The van der Waals surface area contributed by atoms with Crippen molar-refractivity contribution < 1.29 is 9.59 Å². The second-order valence-electron chi connectivity index (χ2n) is 2.42. The van der Waals surface area contributed by atoms with Crippen molar-refractivity contribution in [2.24, 2.45) is 0 Å². The van der Waals surface area contributed by atoms with Crippen LogP contribution in [0.1, 0.15) is 16.6 Å². The minimum Gasteiger partial charge on any atom is -0.337 e. The Kier molecular flexibility index (Phi) is 3.93. The molecule has 14 heavy (non-hydrogen) atoms. The van der Waals surface area contributed by atoms with Gasteiger partial charge in [0.1, 0.15) is 0 Å². The fourth-order valence-corrected chi connectivity index (χ4v) is 1.41. The summed E-state index contributed by atoms with van der Waals surface area (Å²) in [5.74, 6) is -0.314. The maximum absolute atomic E-state index is 11.3. The van der Waals surface area contributed by atoms with Gasteiger partial charge in [-0.2, -0.15) is 0 Å². The predicted octanol–water partition coefficient (Wildman–Crippen LogP) is 0.712. The highest BCUT2D eigenvalue weighted by molar-refractivity contribution is 7.12. The zero-order valence-electron chi connectivity index (χ0n) is 7.66. The minimum absolute atomic E-state index is 0.314. The maximum atomic E-state index is 11.3. The maximum Gasteiger partial charge on any atom is 0.333 e. The van der Waals surface area contributed by atoms with Gasteiger partial charge in [0.2, 0.25) is 0 Å². The predicted molar refractivity (Wildman–Crippen MR) is 54.0 cm³/mol. The number of hydrogen-bond acceptors (Lipinski definition) is 3. The molecular formula is C8H11N3O2S. The number of carbonyl (C=O) groups is 2. The van der Waals surface area contributed by atoms with Crippen LogP contribution in [0.25, 0.3) is 0 Å². The van der Waals surface area contributed by atoms with E-state index in [2.05, 4.69) is 16.2 Å². The van der Waals surface area contributed by atoms with Crippen LogP contribution in [-0.4, -0.2) is 18.5 Å². The van der Waals surface area contributed by atoms with E-state index in [0.29, 0.717) is 11.4 Å². The Labute approximate surface area is 85.5 Å². The SMILES string of the molecule is CCNC(=O)NNC(=O)c1cccs1. The van der Waals surface area contributed by atoms with Gasteiger partial charge in [0.25, 0.3) is 5.91 Å². The Bertz CT molecular complexity index is 310. The molecule has 0 spiro atoms. The molecule has 3 amide bonds. The van der Waals surface area contributed by atoms with E-state index < -0.39 is 6.03 Å². The molecular weight excluding hydrogens is 202 g/mol. The van der Waals surface area contributed by atoms with Crippen LogP contribution < -0.4 is 16.2 Å². The summed E-state index contributed by atoms with van der Waals surface area (Å²) in [7, 11) is 0. The van der Waals surface area contributed by atoms with E-state index in [4.69, 9.17) is 0 Å². The Balaban J connectivity index is 2.32. The Morgan fingerprint density at radius 3 is 2.79 bits per heavy atom. The third kappa shape index (κ3) is 3.06. The van der Waals surface area contributed by atoms with Gasteiger partial charge in [0.05, 0.1) is 4.88 Å². The van der Waals surface area contributed by atoms with Gasteiger partial charge in [0, 0.05) is 6.54 Å². The van der Waals surface area contributed by atoms with Crippen LogP contribution in [0.2, 0.25) is 0 Å². The number of hydrazine groups is 1. The Morgan fingerprint density at radius 2 is 2.21 bits per heavy atom. The van der Waals surface area contributed by atoms with E-state index in [1.807, 2.05) is 0 Å². The van der Waals surface area contributed by atoms with Crippen LogP contribution in [0.4, 0.5) is 4.79 Å². The molecule has 1 rings (SSSR count). The third-order valence-electron chi connectivity index (χ3n) is 1.37. The summed E-state index contributed by atoms with van der Waals surface area (Å²) in [5.41, 5.74) is 4.51. The quantitative estimate of drug-likeness (QED) is 0.633. The van der Waals surface area contributed by atoms with Gasteiger partial charge in [-0.1, -0.05) is 6.07 Å². The molecule has 0 radical (unpaired) electrons. The highest BCUT2D eigenvalue weighted by Crippen LogP contribution is 2.06. The fraction of sp³-hybridized carbons (Fsp3) is 0.250. The molecule has 0 unspecified atom stereocenters. The van der Waals surface area contributed by atoms with Crippen molar-refractivity contribution in [1.29, 1.82) is 0 Å². The average molecular weight is 213 g/mol. The minimum atomic E-state index is -0.419. The van der Waals surface area contributed by atoms with Crippen LogP contribution in [0.15, 0.2) is 17.5 Å². The van der Waals surface area contributed by atoms with E-state index >= 15 is 0 Å². The van der Waals surface area contributed by atoms with Crippen LogP contribution in [0, 0.1) is 0 Å². The largest absolute Gasteiger partial charge is 0.337 e. The number of nitrogens with one attached hydrogen (secondary N) is 3. The zero-order chi connectivity index (χ0) is 10.4. The topological polar surface area (TPSA) is 70.2 Å². The number of urea groups is 1. The van der Waals surface area contributed by atoms with Crippen molar-refractivity contribution in [3.05, 3.63) is 22.4 Å². The molecule has 6 heteroatoms. The lowest BCUT2D eigenvalue weighted by molar-refractivity contribution is 0.0940. The molecule has 5 nitrogen and oxygen atoms in total. The first kappa shape index (κ1) is 10.5. The Hall–Kier alpha value is -1.56. The van der Waals surface area contributed by atoms with Gasteiger partial charge in [0.15, 0.2) is 0 Å². The summed E-state index contributed by atoms with van der Waals surface area (Å²) in [6, 6.07) is 3.03. The molecule has 0 saturated heterocycles. The highest BCUT2D eigenvalue weighted by atomic mass is 32.1. The molecule has 0 aromatic carbocycles. The lowest BCUT2D eigenvalue weighted by atomic mass is 10.4. The molecule has 0 fully saturated rings. The lowest BCUT2D eigenvalue weighted by Crippen LogP contribution is -2.46. The van der Waals surface area contributed by atoms with Crippen molar-refractivity contribution in [2.75, 3.05) is 6.54 Å². The molecule has 1 aromatic rings. The van der Waals surface area contributed by atoms with E-state index in [1.54, 1.807) is 24.4 Å². The van der Waals surface area contributed by atoms with Crippen LogP contribution in [0.5, 0.6) is 0 Å². The first-order valence-electron chi connectivity index (χ1n) is 4.11. The number of hydrogen-bond donors (Lipinski definition) is 3. The standard InChI is InChI=1S/C8H11N3O2S/c1-2-9-8(13)11-10-7(12)6-4-3-5-14-6/h3-5H,2H2,1H3,(H,10,12)(H2,9,11,13). The van der Waals surface area contributed by atoms with Gasteiger partial charge in [-0.3, -0.25) is 10.2 Å². The lowest BCUT2D eigenvalue weighted by Gasteiger charge is -2.05. The van der Waals surface area contributed by atoms with Crippen molar-refractivity contribution in [3.8, 4) is 0 Å². The van der Waals surface area contributed by atoms with Gasteiger partial charge in [-0.15, -0.1) is 11.3 Å². The summed E-state index contributed by atoms with van der Waals surface area (Å²) in [4.78, 5) is 22.7. The molecule has 0 atom stereocenters. The molecule has 0 bridgehead atoms. The van der Waals surface area contributed by atoms with Gasteiger partial charge in [-0.05, 0) is 18.4 Å². The first-order chi connectivity index (χ1) is 6.74. The molecule has 0 aliphatic heterocycles. The monoisotopic (exact) mass is 213 g/mol. The third-order valence-corrected chi connectivity index (χ3v) is 2.24. The van der Waals surface area contributed by atoms with Crippen molar-refractivity contribution in [2.45, 2.75) is 6.92 Å².